The van der Waals surface area contributed by atoms with Crippen LogP contribution in [0, 0.1) is 17.8 Å². The molecule has 0 aromatic heterocycles. The second-order valence-electron chi connectivity index (χ2n) is 7.89. The maximum absolute atomic E-state index is 12.3. The molecule has 4 atom stereocenters. The standard InChI is InChI=1S/C20H27N3O3/c1-13(16-11-14-6-7-15(16)10-14)21-20(25)22-19(24)12-23-8-9-26-18-5-3-2-4-17(18)23/h2-5,13-16H,6-12H2,1H3,(H2,21,22,24,25)/t13-,14-,15-,16+/m0/s1. The molecule has 1 aromatic rings. The van der Waals surface area contributed by atoms with Gasteiger partial charge in [-0.1, -0.05) is 18.6 Å². The minimum atomic E-state index is -0.383. The molecule has 2 N–H and O–H groups in total. The Morgan fingerprint density at radius 1 is 1.27 bits per heavy atom. The fourth-order valence-corrected chi connectivity index (χ4v) is 4.99. The largest absolute Gasteiger partial charge is 0.490 e. The van der Waals surface area contributed by atoms with E-state index in [1.165, 1.54) is 25.7 Å². The van der Waals surface area contributed by atoms with E-state index in [9.17, 15) is 9.59 Å². The highest BCUT2D eigenvalue weighted by Crippen LogP contribution is 2.49. The quantitative estimate of drug-likeness (QED) is 0.869. The van der Waals surface area contributed by atoms with E-state index in [-0.39, 0.29) is 24.5 Å². The number of fused-ring (bicyclic) bond motifs is 3. The first-order valence-corrected chi connectivity index (χ1v) is 9.67. The predicted octanol–water partition coefficient (Wildman–Crippen LogP) is 2.54. The first-order chi connectivity index (χ1) is 12.6. The number of urea groups is 1. The van der Waals surface area contributed by atoms with E-state index in [1.54, 1.807) is 0 Å². The maximum Gasteiger partial charge on any atom is 0.321 e. The van der Waals surface area contributed by atoms with Gasteiger partial charge in [-0.2, -0.15) is 0 Å². The summed E-state index contributed by atoms with van der Waals surface area (Å²) in [6.07, 6.45) is 5.16. The Kier molecular flexibility index (Phi) is 4.74. The molecular weight excluding hydrogens is 330 g/mol. The normalized spacial score (nSPS) is 27.4. The van der Waals surface area contributed by atoms with Crippen LogP contribution < -0.4 is 20.3 Å². The van der Waals surface area contributed by atoms with Gasteiger partial charge in [0.2, 0.25) is 5.91 Å². The Hall–Kier alpha value is -2.24. The molecule has 1 aliphatic heterocycles. The number of rotatable bonds is 4. The van der Waals surface area contributed by atoms with Crippen LogP contribution in [0.3, 0.4) is 0 Å². The highest BCUT2D eigenvalue weighted by atomic mass is 16.5. The molecule has 2 fully saturated rings. The molecule has 6 nitrogen and oxygen atoms in total. The number of hydrogen-bond acceptors (Lipinski definition) is 4. The molecule has 0 unspecified atom stereocenters. The van der Waals surface area contributed by atoms with Gasteiger partial charge in [0.1, 0.15) is 12.4 Å². The minimum absolute atomic E-state index is 0.113. The molecule has 0 spiro atoms. The third-order valence-corrected chi connectivity index (χ3v) is 6.21. The molecule has 1 heterocycles. The zero-order valence-corrected chi connectivity index (χ0v) is 15.2. The molecule has 3 amide bonds. The number of carbonyl (C=O) groups excluding carboxylic acids is 2. The molecule has 0 saturated heterocycles. The van der Waals surface area contributed by atoms with Crippen molar-refractivity contribution < 1.29 is 14.3 Å². The van der Waals surface area contributed by atoms with Gasteiger partial charge in [0.25, 0.3) is 0 Å². The average molecular weight is 357 g/mol. The fourth-order valence-electron chi connectivity index (χ4n) is 4.99. The monoisotopic (exact) mass is 357 g/mol. The fraction of sp³-hybridized carbons (Fsp3) is 0.600. The summed E-state index contributed by atoms with van der Waals surface area (Å²) in [7, 11) is 0. The molecule has 6 heteroatoms. The molecule has 3 aliphatic rings. The number of imide groups is 1. The van der Waals surface area contributed by atoms with Crippen LogP contribution in [0.25, 0.3) is 0 Å². The van der Waals surface area contributed by atoms with E-state index in [2.05, 4.69) is 17.6 Å². The molecular formula is C20H27N3O3. The van der Waals surface area contributed by atoms with Crippen LogP contribution in [0.2, 0.25) is 0 Å². The van der Waals surface area contributed by atoms with Crippen LogP contribution in [0.5, 0.6) is 5.75 Å². The molecule has 0 radical (unpaired) electrons. The summed E-state index contributed by atoms with van der Waals surface area (Å²) in [6, 6.07) is 7.38. The summed E-state index contributed by atoms with van der Waals surface area (Å²) >= 11 is 0. The van der Waals surface area contributed by atoms with Crippen LogP contribution in [0.4, 0.5) is 10.5 Å². The van der Waals surface area contributed by atoms with E-state index < -0.39 is 0 Å². The first kappa shape index (κ1) is 17.2. The maximum atomic E-state index is 12.3. The van der Waals surface area contributed by atoms with Crippen LogP contribution in [-0.2, 0) is 4.79 Å². The van der Waals surface area contributed by atoms with Crippen molar-refractivity contribution in [3.05, 3.63) is 24.3 Å². The summed E-state index contributed by atoms with van der Waals surface area (Å²) in [6.45, 7) is 3.38. The number of carbonyl (C=O) groups is 2. The Bertz CT molecular complexity index is 693. The van der Waals surface area contributed by atoms with Crippen molar-refractivity contribution in [2.24, 2.45) is 17.8 Å². The smallest absolute Gasteiger partial charge is 0.321 e. The number of nitrogens with one attached hydrogen (secondary N) is 2. The van der Waals surface area contributed by atoms with E-state index >= 15 is 0 Å². The molecule has 2 bridgehead atoms. The van der Waals surface area contributed by atoms with Crippen molar-refractivity contribution in [3.63, 3.8) is 0 Å². The highest BCUT2D eigenvalue weighted by molar-refractivity contribution is 5.96. The average Bonchev–Trinajstić information content (AvgIpc) is 3.25. The predicted molar refractivity (Wildman–Crippen MR) is 99.2 cm³/mol. The summed E-state index contributed by atoms with van der Waals surface area (Å²) in [5.74, 6) is 2.64. The van der Waals surface area contributed by atoms with Crippen molar-refractivity contribution >= 4 is 17.6 Å². The van der Waals surface area contributed by atoms with Crippen molar-refractivity contribution in [1.29, 1.82) is 0 Å². The van der Waals surface area contributed by atoms with Gasteiger partial charge in [0.05, 0.1) is 18.8 Å². The van der Waals surface area contributed by atoms with Gasteiger partial charge in [-0.3, -0.25) is 10.1 Å². The zero-order chi connectivity index (χ0) is 18.1. The highest BCUT2D eigenvalue weighted by Gasteiger charge is 2.42. The Morgan fingerprint density at radius 2 is 2.12 bits per heavy atom. The van der Waals surface area contributed by atoms with Gasteiger partial charge in [0.15, 0.2) is 0 Å². The van der Waals surface area contributed by atoms with Crippen molar-refractivity contribution in [2.75, 3.05) is 24.6 Å². The lowest BCUT2D eigenvalue weighted by molar-refractivity contribution is -0.118. The third-order valence-electron chi connectivity index (χ3n) is 6.21. The van der Waals surface area contributed by atoms with Gasteiger partial charge in [-0.25, -0.2) is 4.79 Å². The van der Waals surface area contributed by atoms with Crippen molar-refractivity contribution in [3.8, 4) is 5.75 Å². The molecule has 26 heavy (non-hydrogen) atoms. The van der Waals surface area contributed by atoms with Gasteiger partial charge >= 0.3 is 6.03 Å². The van der Waals surface area contributed by atoms with Gasteiger partial charge < -0.3 is 15.0 Å². The third kappa shape index (κ3) is 3.50. The Labute approximate surface area is 154 Å². The lowest BCUT2D eigenvalue weighted by atomic mass is 9.84. The number of anilines is 1. The molecule has 2 aliphatic carbocycles. The summed E-state index contributed by atoms with van der Waals surface area (Å²) in [5, 5.41) is 5.46. The SMILES string of the molecule is C[C@H](NC(=O)NC(=O)CN1CCOc2ccccc21)[C@H]1C[C@H]2CC[C@H]1C2. The molecule has 140 valence electrons. The van der Waals surface area contributed by atoms with Crippen molar-refractivity contribution in [2.45, 2.75) is 38.6 Å². The van der Waals surface area contributed by atoms with E-state index in [1.807, 2.05) is 29.2 Å². The number of benzene rings is 1. The number of hydrogen-bond donors (Lipinski definition) is 2. The van der Waals surface area contributed by atoms with E-state index in [4.69, 9.17) is 4.74 Å². The van der Waals surface area contributed by atoms with E-state index in [0.29, 0.717) is 19.1 Å². The van der Waals surface area contributed by atoms with Crippen LogP contribution in [-0.4, -0.2) is 37.7 Å². The number of ether oxygens (including phenoxy) is 1. The molecule has 2 saturated carbocycles. The second-order valence-corrected chi connectivity index (χ2v) is 7.89. The molecule has 1 aromatic carbocycles. The van der Waals surface area contributed by atoms with Crippen LogP contribution in [0.1, 0.15) is 32.6 Å². The summed E-state index contributed by atoms with van der Waals surface area (Å²) in [4.78, 5) is 26.5. The lowest BCUT2D eigenvalue weighted by Crippen LogP contribution is -2.50. The first-order valence-electron chi connectivity index (χ1n) is 9.67. The van der Waals surface area contributed by atoms with E-state index in [0.717, 1.165) is 23.3 Å². The Morgan fingerprint density at radius 3 is 2.88 bits per heavy atom. The summed E-state index contributed by atoms with van der Waals surface area (Å²) < 4.78 is 5.60. The van der Waals surface area contributed by atoms with Gasteiger partial charge in [-0.15, -0.1) is 0 Å². The van der Waals surface area contributed by atoms with Gasteiger partial charge in [0, 0.05) is 6.04 Å². The van der Waals surface area contributed by atoms with Crippen LogP contribution in [0.15, 0.2) is 24.3 Å². The topological polar surface area (TPSA) is 70.7 Å². The number of nitrogens with zero attached hydrogens (tertiary/aromatic N) is 1. The number of amides is 3. The zero-order valence-electron chi connectivity index (χ0n) is 15.2. The lowest BCUT2D eigenvalue weighted by Gasteiger charge is -2.31. The van der Waals surface area contributed by atoms with Crippen molar-refractivity contribution in [1.82, 2.24) is 10.6 Å². The summed E-state index contributed by atoms with van der Waals surface area (Å²) in [5.41, 5.74) is 0.893. The van der Waals surface area contributed by atoms with Crippen LogP contribution >= 0.6 is 0 Å². The minimum Gasteiger partial charge on any atom is -0.490 e. The molecule has 4 rings (SSSR count). The van der Waals surface area contributed by atoms with Gasteiger partial charge in [-0.05, 0) is 56.1 Å². The Balaban J connectivity index is 1.28. The number of para-hydroxylation sites is 2. The second kappa shape index (κ2) is 7.17.